The van der Waals surface area contributed by atoms with Crippen molar-refractivity contribution in [3.05, 3.63) is 23.8 Å². The van der Waals surface area contributed by atoms with E-state index in [1.54, 1.807) is 6.92 Å². The smallest absolute Gasteiger partial charge is 0.311 e. The summed E-state index contributed by atoms with van der Waals surface area (Å²) >= 11 is 0. The van der Waals surface area contributed by atoms with E-state index >= 15 is 0 Å². The van der Waals surface area contributed by atoms with Crippen molar-refractivity contribution in [1.29, 1.82) is 5.26 Å². The standard InChI is InChI=1S/C16H21NO2/c1-10(9-17)7-13-11-5-6-12(8-11)16(13,14(18)19)15(2,3)4/h5-7,11-13H,8H2,1-4H3,(H,18,19). The molecule has 0 aromatic heterocycles. The zero-order chi connectivity index (χ0) is 14.4. The first-order valence-electron chi connectivity index (χ1n) is 6.75. The van der Waals surface area contributed by atoms with Gasteiger partial charge in [0.25, 0.3) is 0 Å². The minimum absolute atomic E-state index is 0.0720. The number of carbonyl (C=O) groups is 1. The molecule has 1 fully saturated rings. The van der Waals surface area contributed by atoms with E-state index in [4.69, 9.17) is 5.26 Å². The summed E-state index contributed by atoms with van der Waals surface area (Å²) in [6.45, 7) is 7.75. The fourth-order valence-electron chi connectivity index (χ4n) is 4.16. The van der Waals surface area contributed by atoms with Crippen molar-refractivity contribution in [2.24, 2.45) is 28.6 Å². The molecule has 0 amide bonds. The molecule has 0 heterocycles. The highest BCUT2D eigenvalue weighted by molar-refractivity contribution is 5.79. The number of hydrogen-bond acceptors (Lipinski definition) is 2. The molecule has 4 unspecified atom stereocenters. The zero-order valence-electron chi connectivity index (χ0n) is 12.0. The highest BCUT2D eigenvalue weighted by Gasteiger charge is 2.65. The average molecular weight is 259 g/mol. The van der Waals surface area contributed by atoms with E-state index in [0.29, 0.717) is 5.57 Å². The van der Waals surface area contributed by atoms with E-state index < -0.39 is 11.4 Å². The number of aliphatic carboxylic acids is 1. The Kier molecular flexibility index (Phi) is 3.09. The maximum absolute atomic E-state index is 12.1. The van der Waals surface area contributed by atoms with Gasteiger partial charge in [0.15, 0.2) is 0 Å². The number of fused-ring (bicyclic) bond motifs is 2. The third-order valence-electron chi connectivity index (χ3n) is 4.89. The SMILES string of the molecule is CC(C#N)=CC1C2C=CC(C2)C1(C(=O)O)C(C)(C)C. The molecule has 0 radical (unpaired) electrons. The highest BCUT2D eigenvalue weighted by Crippen LogP contribution is 2.64. The van der Waals surface area contributed by atoms with Gasteiger partial charge in [-0.25, -0.2) is 0 Å². The molecule has 0 aliphatic heterocycles. The summed E-state index contributed by atoms with van der Waals surface area (Å²) in [5, 5.41) is 18.9. The summed E-state index contributed by atoms with van der Waals surface area (Å²) in [6.07, 6.45) is 6.97. The summed E-state index contributed by atoms with van der Waals surface area (Å²) in [5.74, 6) is -0.491. The van der Waals surface area contributed by atoms with Gasteiger partial charge in [0, 0.05) is 11.5 Å². The Morgan fingerprint density at radius 2 is 2.11 bits per heavy atom. The van der Waals surface area contributed by atoms with Crippen LogP contribution in [-0.2, 0) is 4.79 Å². The monoisotopic (exact) mass is 259 g/mol. The summed E-state index contributed by atoms with van der Waals surface area (Å²) in [6, 6.07) is 2.12. The molecule has 2 rings (SSSR count). The molecule has 0 aromatic carbocycles. The van der Waals surface area contributed by atoms with Gasteiger partial charge in [0.05, 0.1) is 11.5 Å². The number of hydrogen-bond donors (Lipinski definition) is 1. The fourth-order valence-corrected chi connectivity index (χ4v) is 4.16. The first-order valence-corrected chi connectivity index (χ1v) is 6.75. The second kappa shape index (κ2) is 4.23. The lowest BCUT2D eigenvalue weighted by molar-refractivity contribution is -0.162. The molecule has 0 aromatic rings. The van der Waals surface area contributed by atoms with Gasteiger partial charge in [-0.05, 0) is 30.6 Å². The van der Waals surface area contributed by atoms with Crippen LogP contribution in [0.4, 0.5) is 0 Å². The van der Waals surface area contributed by atoms with Crippen LogP contribution < -0.4 is 0 Å². The predicted octanol–water partition coefficient (Wildman–Crippen LogP) is 3.40. The van der Waals surface area contributed by atoms with Crippen LogP contribution in [0, 0.1) is 39.9 Å². The number of nitrogens with zero attached hydrogens (tertiary/aromatic N) is 1. The van der Waals surface area contributed by atoms with Crippen LogP contribution in [-0.4, -0.2) is 11.1 Å². The Balaban J connectivity index is 2.60. The first-order chi connectivity index (χ1) is 8.75. The van der Waals surface area contributed by atoms with E-state index in [2.05, 4.69) is 18.2 Å². The van der Waals surface area contributed by atoms with Gasteiger partial charge in [-0.15, -0.1) is 0 Å². The van der Waals surface area contributed by atoms with E-state index in [0.717, 1.165) is 6.42 Å². The second-order valence-corrected chi connectivity index (χ2v) is 6.80. The molecule has 4 atom stereocenters. The lowest BCUT2D eigenvalue weighted by Gasteiger charge is -2.47. The number of allylic oxidation sites excluding steroid dienone is 4. The van der Waals surface area contributed by atoms with Crippen LogP contribution in [0.15, 0.2) is 23.8 Å². The van der Waals surface area contributed by atoms with E-state index in [1.807, 2.05) is 26.8 Å². The summed E-state index contributed by atoms with van der Waals surface area (Å²) in [5.41, 5.74) is -0.536. The van der Waals surface area contributed by atoms with Gasteiger partial charge >= 0.3 is 5.97 Å². The normalized spacial score (nSPS) is 37.4. The molecule has 1 N–H and O–H groups in total. The van der Waals surface area contributed by atoms with E-state index in [1.165, 1.54) is 0 Å². The lowest BCUT2D eigenvalue weighted by Crippen LogP contribution is -2.51. The van der Waals surface area contributed by atoms with Crippen molar-refractivity contribution in [2.75, 3.05) is 0 Å². The number of carboxylic acid groups (broad SMARTS) is 1. The molecule has 2 bridgehead atoms. The van der Waals surface area contributed by atoms with Crippen molar-refractivity contribution in [1.82, 2.24) is 0 Å². The Hall–Kier alpha value is -1.56. The van der Waals surface area contributed by atoms with Crippen LogP contribution in [0.5, 0.6) is 0 Å². The zero-order valence-corrected chi connectivity index (χ0v) is 12.0. The topological polar surface area (TPSA) is 61.1 Å². The molecule has 3 nitrogen and oxygen atoms in total. The van der Waals surface area contributed by atoms with Crippen LogP contribution in [0.3, 0.4) is 0 Å². The lowest BCUT2D eigenvalue weighted by atomic mass is 9.55. The Morgan fingerprint density at radius 1 is 1.47 bits per heavy atom. The van der Waals surface area contributed by atoms with Crippen molar-refractivity contribution in [2.45, 2.75) is 34.1 Å². The molecule has 1 saturated carbocycles. The Morgan fingerprint density at radius 3 is 2.58 bits per heavy atom. The summed E-state index contributed by atoms with van der Waals surface area (Å²) < 4.78 is 0. The number of rotatable bonds is 2. The first kappa shape index (κ1) is 13.9. The average Bonchev–Trinajstić information content (AvgIpc) is 2.86. The summed E-state index contributed by atoms with van der Waals surface area (Å²) in [7, 11) is 0. The largest absolute Gasteiger partial charge is 0.481 e. The quantitative estimate of drug-likeness (QED) is 0.610. The van der Waals surface area contributed by atoms with Crippen molar-refractivity contribution < 1.29 is 9.90 Å². The molecule has 2 aliphatic carbocycles. The minimum atomic E-state index is -0.801. The van der Waals surface area contributed by atoms with Crippen LogP contribution in [0.2, 0.25) is 0 Å². The summed E-state index contributed by atoms with van der Waals surface area (Å²) in [4.78, 5) is 12.1. The second-order valence-electron chi connectivity index (χ2n) is 6.80. The van der Waals surface area contributed by atoms with Crippen LogP contribution in [0.1, 0.15) is 34.1 Å². The fraction of sp³-hybridized carbons (Fsp3) is 0.625. The van der Waals surface area contributed by atoms with E-state index in [9.17, 15) is 9.90 Å². The van der Waals surface area contributed by atoms with Crippen molar-refractivity contribution in [3.8, 4) is 6.07 Å². The third kappa shape index (κ3) is 1.74. The van der Waals surface area contributed by atoms with Gasteiger partial charge in [-0.1, -0.05) is 39.0 Å². The molecule has 0 spiro atoms. The number of carboxylic acids is 1. The van der Waals surface area contributed by atoms with Crippen molar-refractivity contribution >= 4 is 5.97 Å². The van der Waals surface area contributed by atoms with Crippen LogP contribution >= 0.6 is 0 Å². The predicted molar refractivity (Wildman–Crippen MR) is 73.1 cm³/mol. The Bertz CT molecular complexity index is 504. The molecule has 2 aliphatic rings. The van der Waals surface area contributed by atoms with Gasteiger partial charge in [-0.3, -0.25) is 4.79 Å². The van der Waals surface area contributed by atoms with E-state index in [-0.39, 0.29) is 23.2 Å². The Labute approximate surface area is 114 Å². The van der Waals surface area contributed by atoms with Crippen LogP contribution in [0.25, 0.3) is 0 Å². The minimum Gasteiger partial charge on any atom is -0.481 e. The molecule has 19 heavy (non-hydrogen) atoms. The van der Waals surface area contributed by atoms with Gasteiger partial charge < -0.3 is 5.11 Å². The third-order valence-corrected chi connectivity index (χ3v) is 4.89. The molecular weight excluding hydrogens is 238 g/mol. The van der Waals surface area contributed by atoms with Gasteiger partial charge in [-0.2, -0.15) is 5.26 Å². The maximum atomic E-state index is 12.1. The van der Waals surface area contributed by atoms with Crippen molar-refractivity contribution in [3.63, 3.8) is 0 Å². The molecule has 0 saturated heterocycles. The molecule has 102 valence electrons. The maximum Gasteiger partial charge on any atom is 0.311 e. The highest BCUT2D eigenvalue weighted by atomic mass is 16.4. The molecular formula is C16H21NO2. The van der Waals surface area contributed by atoms with Gasteiger partial charge in [0.1, 0.15) is 0 Å². The number of nitriles is 1. The molecule has 3 heteroatoms. The van der Waals surface area contributed by atoms with Gasteiger partial charge in [0.2, 0.25) is 0 Å².